The Morgan fingerprint density at radius 1 is 1.20 bits per heavy atom. The molecular formula is C13H12IN3O2S. The number of hydrazine groups is 1. The summed E-state index contributed by atoms with van der Waals surface area (Å²) in [5.74, 6) is 0.523. The van der Waals surface area contributed by atoms with Gasteiger partial charge < -0.3 is 9.73 Å². The minimum Gasteiger partial charge on any atom is -0.467 e. The molecule has 20 heavy (non-hydrogen) atoms. The van der Waals surface area contributed by atoms with Gasteiger partial charge in [0.15, 0.2) is 5.11 Å². The van der Waals surface area contributed by atoms with Gasteiger partial charge in [0.25, 0.3) is 5.91 Å². The number of carbonyl (C=O) groups is 1. The molecule has 3 N–H and O–H groups in total. The zero-order valence-corrected chi connectivity index (χ0v) is 13.3. The molecule has 104 valence electrons. The lowest BCUT2D eigenvalue weighted by molar-refractivity contribution is 0.0943. The van der Waals surface area contributed by atoms with Crippen molar-refractivity contribution in [1.29, 1.82) is 0 Å². The van der Waals surface area contributed by atoms with Crippen molar-refractivity contribution < 1.29 is 9.21 Å². The van der Waals surface area contributed by atoms with Crippen LogP contribution in [0.5, 0.6) is 0 Å². The first-order chi connectivity index (χ1) is 9.66. The van der Waals surface area contributed by atoms with E-state index in [1.807, 2.05) is 24.3 Å². The number of furan rings is 1. The molecule has 1 aromatic heterocycles. The Bertz CT molecular complexity index is 601. The topological polar surface area (TPSA) is 66.3 Å². The second-order valence-corrected chi connectivity index (χ2v) is 5.39. The molecule has 0 saturated carbocycles. The highest BCUT2D eigenvalue weighted by Gasteiger charge is 2.08. The van der Waals surface area contributed by atoms with Crippen LogP contribution < -0.4 is 16.2 Å². The Hall–Kier alpha value is -1.61. The van der Waals surface area contributed by atoms with Crippen molar-refractivity contribution in [2.45, 2.75) is 6.54 Å². The molecule has 1 heterocycles. The van der Waals surface area contributed by atoms with E-state index >= 15 is 0 Å². The number of amides is 1. The number of hydrogen-bond donors (Lipinski definition) is 3. The lowest BCUT2D eigenvalue weighted by Crippen LogP contribution is -2.46. The summed E-state index contributed by atoms with van der Waals surface area (Å²) in [5.41, 5.74) is 5.78. The molecular weight excluding hydrogens is 389 g/mol. The summed E-state index contributed by atoms with van der Waals surface area (Å²) in [6.07, 6.45) is 1.59. The lowest BCUT2D eigenvalue weighted by Gasteiger charge is -2.11. The van der Waals surface area contributed by atoms with Gasteiger partial charge in [-0.2, -0.15) is 0 Å². The fourth-order valence-electron chi connectivity index (χ4n) is 1.45. The monoisotopic (exact) mass is 401 g/mol. The zero-order valence-electron chi connectivity index (χ0n) is 10.4. The second kappa shape index (κ2) is 7.25. The predicted octanol–water partition coefficient (Wildman–Crippen LogP) is 2.19. The minimum absolute atomic E-state index is 0.239. The molecule has 0 atom stereocenters. The highest BCUT2D eigenvalue weighted by atomic mass is 127. The maximum Gasteiger partial charge on any atom is 0.270 e. The molecule has 0 aliphatic heterocycles. The minimum atomic E-state index is -0.239. The van der Waals surface area contributed by atoms with E-state index in [0.717, 1.165) is 9.33 Å². The number of halogens is 1. The van der Waals surface area contributed by atoms with Crippen LogP contribution in [0.15, 0.2) is 47.1 Å². The van der Waals surface area contributed by atoms with Gasteiger partial charge in [-0.05, 0) is 59.1 Å². The molecule has 0 bridgehead atoms. The molecule has 0 spiro atoms. The van der Waals surface area contributed by atoms with Crippen molar-refractivity contribution >= 4 is 45.8 Å². The van der Waals surface area contributed by atoms with Crippen molar-refractivity contribution in [2.75, 3.05) is 0 Å². The van der Waals surface area contributed by atoms with Gasteiger partial charge in [0.2, 0.25) is 0 Å². The summed E-state index contributed by atoms with van der Waals surface area (Å²) in [6, 6.07) is 10.9. The molecule has 1 aromatic carbocycles. The van der Waals surface area contributed by atoms with Crippen molar-refractivity contribution in [3.63, 3.8) is 0 Å². The molecule has 0 radical (unpaired) electrons. The fourth-order valence-corrected chi connectivity index (χ4v) is 2.21. The number of rotatable bonds is 3. The summed E-state index contributed by atoms with van der Waals surface area (Å²) >= 11 is 7.15. The Morgan fingerprint density at radius 2 is 2.00 bits per heavy atom. The van der Waals surface area contributed by atoms with Gasteiger partial charge in [0.1, 0.15) is 5.76 Å². The third kappa shape index (κ3) is 4.20. The average Bonchev–Trinajstić information content (AvgIpc) is 2.96. The summed E-state index contributed by atoms with van der Waals surface area (Å²) in [5, 5.41) is 3.24. The summed E-state index contributed by atoms with van der Waals surface area (Å²) in [6.45, 7) is 0.456. The van der Waals surface area contributed by atoms with Crippen LogP contribution in [0.4, 0.5) is 0 Å². The van der Waals surface area contributed by atoms with Crippen LogP contribution in [-0.2, 0) is 6.54 Å². The van der Waals surface area contributed by atoms with Gasteiger partial charge in [-0.15, -0.1) is 0 Å². The lowest BCUT2D eigenvalue weighted by atomic mass is 10.2. The van der Waals surface area contributed by atoms with Crippen molar-refractivity contribution in [1.82, 2.24) is 16.2 Å². The van der Waals surface area contributed by atoms with Gasteiger partial charge in [0.05, 0.1) is 18.4 Å². The smallest absolute Gasteiger partial charge is 0.270 e. The maximum absolute atomic E-state index is 11.9. The van der Waals surface area contributed by atoms with Crippen LogP contribution in [0.2, 0.25) is 0 Å². The van der Waals surface area contributed by atoms with E-state index in [1.54, 1.807) is 18.4 Å². The number of benzene rings is 1. The Morgan fingerprint density at radius 3 is 2.70 bits per heavy atom. The molecule has 0 saturated heterocycles. The van der Waals surface area contributed by atoms with E-state index < -0.39 is 0 Å². The Kier molecular flexibility index (Phi) is 5.36. The standard InChI is InChI=1S/C13H12IN3O2S/c14-11-6-2-1-5-10(11)12(18)16-17-13(20)15-8-9-4-3-7-19-9/h1-7H,8H2,(H,16,18)(H2,15,17,20). The van der Waals surface area contributed by atoms with E-state index in [-0.39, 0.29) is 5.91 Å². The number of nitrogens with one attached hydrogen (secondary N) is 3. The molecule has 2 aromatic rings. The first-order valence-corrected chi connectivity index (χ1v) is 7.26. The second-order valence-electron chi connectivity index (χ2n) is 3.82. The molecule has 7 heteroatoms. The van der Waals surface area contributed by atoms with Gasteiger partial charge in [0, 0.05) is 3.57 Å². The first-order valence-electron chi connectivity index (χ1n) is 5.78. The SMILES string of the molecule is O=C(NNC(=S)NCc1ccco1)c1ccccc1I. The molecule has 2 rings (SSSR count). The number of thiocarbonyl (C=S) groups is 1. The van der Waals surface area contributed by atoms with E-state index in [2.05, 4.69) is 38.8 Å². The molecule has 0 fully saturated rings. The molecule has 1 amide bonds. The van der Waals surface area contributed by atoms with Crippen LogP contribution in [0.25, 0.3) is 0 Å². The molecule has 0 unspecified atom stereocenters. The normalized spacial score (nSPS) is 9.85. The predicted molar refractivity (Wildman–Crippen MR) is 87.9 cm³/mol. The van der Waals surface area contributed by atoms with E-state index in [4.69, 9.17) is 16.6 Å². The Balaban J connectivity index is 1.78. The van der Waals surface area contributed by atoms with Crippen LogP contribution in [-0.4, -0.2) is 11.0 Å². The van der Waals surface area contributed by atoms with Crippen molar-refractivity contribution in [3.05, 3.63) is 57.6 Å². The van der Waals surface area contributed by atoms with Crippen LogP contribution >= 0.6 is 34.8 Å². The molecule has 0 aliphatic carbocycles. The van der Waals surface area contributed by atoms with Gasteiger partial charge in [-0.1, -0.05) is 12.1 Å². The first kappa shape index (κ1) is 14.8. The van der Waals surface area contributed by atoms with Gasteiger partial charge in [-0.3, -0.25) is 15.6 Å². The molecule has 0 aliphatic rings. The highest BCUT2D eigenvalue weighted by molar-refractivity contribution is 14.1. The average molecular weight is 401 g/mol. The summed E-state index contributed by atoms with van der Waals surface area (Å²) in [7, 11) is 0. The van der Waals surface area contributed by atoms with E-state index in [1.165, 1.54) is 0 Å². The number of carbonyl (C=O) groups excluding carboxylic acids is 1. The number of hydrogen-bond acceptors (Lipinski definition) is 3. The largest absolute Gasteiger partial charge is 0.467 e. The van der Waals surface area contributed by atoms with Crippen LogP contribution in [0, 0.1) is 3.57 Å². The van der Waals surface area contributed by atoms with Crippen LogP contribution in [0.3, 0.4) is 0 Å². The zero-order chi connectivity index (χ0) is 14.4. The summed E-state index contributed by atoms with van der Waals surface area (Å²) < 4.78 is 6.03. The van der Waals surface area contributed by atoms with Crippen LogP contribution in [0.1, 0.15) is 16.1 Å². The fraction of sp³-hybridized carbons (Fsp3) is 0.0769. The quantitative estimate of drug-likeness (QED) is 0.418. The molecule has 5 nitrogen and oxygen atoms in total. The maximum atomic E-state index is 11.9. The van der Waals surface area contributed by atoms with Gasteiger partial charge >= 0.3 is 0 Å². The highest BCUT2D eigenvalue weighted by Crippen LogP contribution is 2.10. The van der Waals surface area contributed by atoms with Crippen molar-refractivity contribution in [2.24, 2.45) is 0 Å². The van der Waals surface area contributed by atoms with Gasteiger partial charge in [-0.25, -0.2) is 0 Å². The third-order valence-corrected chi connectivity index (χ3v) is 3.60. The summed E-state index contributed by atoms with van der Waals surface area (Å²) in [4.78, 5) is 11.9. The van der Waals surface area contributed by atoms with E-state index in [9.17, 15) is 4.79 Å². The van der Waals surface area contributed by atoms with E-state index in [0.29, 0.717) is 17.2 Å². The van der Waals surface area contributed by atoms with Crippen molar-refractivity contribution in [3.8, 4) is 0 Å². The third-order valence-electron chi connectivity index (χ3n) is 2.41. The Labute approximate surface area is 135 Å².